The van der Waals surface area contributed by atoms with E-state index in [9.17, 15) is 4.79 Å². The van der Waals surface area contributed by atoms with Gasteiger partial charge in [0.2, 0.25) is 0 Å². The predicted octanol–water partition coefficient (Wildman–Crippen LogP) is 4.86. The van der Waals surface area contributed by atoms with E-state index < -0.39 is 0 Å². The van der Waals surface area contributed by atoms with Crippen molar-refractivity contribution in [3.05, 3.63) is 64.5 Å². The second kappa shape index (κ2) is 6.59. The first-order valence-corrected chi connectivity index (χ1v) is 6.56. The maximum Gasteiger partial charge on any atom is 0.338 e. The second-order valence-corrected chi connectivity index (χ2v) is 4.77. The lowest BCUT2D eigenvalue weighted by Crippen LogP contribution is -2.11. The summed E-state index contributed by atoms with van der Waals surface area (Å²) >= 11 is 0. The van der Waals surface area contributed by atoms with Crippen LogP contribution in [-0.4, -0.2) is 12.1 Å². The minimum Gasteiger partial charge on any atom is -0.459 e. The van der Waals surface area contributed by atoms with E-state index in [2.05, 4.69) is 10.0 Å². The van der Waals surface area contributed by atoms with Crippen molar-refractivity contribution in [2.75, 3.05) is 0 Å². The molecule has 0 fully saturated rings. The van der Waals surface area contributed by atoms with E-state index >= 15 is 0 Å². The summed E-state index contributed by atoms with van der Waals surface area (Å²) in [5.74, 6) is -0.334. The molecule has 0 spiro atoms. The molecule has 0 unspecified atom stereocenters. The molecule has 106 valence electrons. The molecular formula is C16H15N3O2. The lowest BCUT2D eigenvalue weighted by atomic mass is 10.0. The quantitative estimate of drug-likeness (QED) is 0.347. The van der Waals surface area contributed by atoms with Gasteiger partial charge in [-0.2, -0.15) is 0 Å². The lowest BCUT2D eigenvalue weighted by Gasteiger charge is -2.08. The summed E-state index contributed by atoms with van der Waals surface area (Å²) in [7, 11) is 0. The minimum atomic E-state index is -0.334. The molecule has 0 bridgehead atoms. The van der Waals surface area contributed by atoms with Gasteiger partial charge in [0.1, 0.15) is 0 Å². The number of ether oxygens (including phenoxy) is 1. The van der Waals surface area contributed by atoms with Gasteiger partial charge in [0.05, 0.1) is 11.7 Å². The molecule has 5 nitrogen and oxygen atoms in total. The first kappa shape index (κ1) is 14.6. The number of rotatable bonds is 4. The second-order valence-electron chi connectivity index (χ2n) is 4.77. The zero-order chi connectivity index (χ0) is 15.2. The minimum absolute atomic E-state index is 0.141. The highest BCUT2D eigenvalue weighted by Gasteiger charge is 2.09. The Bertz CT molecular complexity index is 687. The summed E-state index contributed by atoms with van der Waals surface area (Å²) < 4.78 is 5.14. The molecular weight excluding hydrogens is 266 g/mol. The van der Waals surface area contributed by atoms with Crippen molar-refractivity contribution in [2.45, 2.75) is 20.0 Å². The molecule has 0 aliphatic carbocycles. The summed E-state index contributed by atoms with van der Waals surface area (Å²) in [6.45, 7) is 3.63. The maximum atomic E-state index is 11.8. The monoisotopic (exact) mass is 281 g/mol. The fraction of sp³-hybridized carbons (Fsp3) is 0.188. The number of hydrogen-bond donors (Lipinski definition) is 0. The SMILES string of the molecule is CC(C)OC(=O)c1ccc(-c2cccc(N=[N+]=[N-])c2)cc1. The van der Waals surface area contributed by atoms with Crippen molar-refractivity contribution in [1.29, 1.82) is 0 Å². The molecule has 21 heavy (non-hydrogen) atoms. The van der Waals surface area contributed by atoms with E-state index in [0.29, 0.717) is 11.3 Å². The van der Waals surface area contributed by atoms with Crippen LogP contribution < -0.4 is 0 Å². The number of hydrogen-bond acceptors (Lipinski definition) is 3. The van der Waals surface area contributed by atoms with Gasteiger partial charge in [0.15, 0.2) is 0 Å². The molecule has 2 rings (SSSR count). The van der Waals surface area contributed by atoms with Gasteiger partial charge >= 0.3 is 5.97 Å². The molecule has 0 radical (unpaired) electrons. The van der Waals surface area contributed by atoms with E-state index in [-0.39, 0.29) is 12.1 Å². The topological polar surface area (TPSA) is 75.1 Å². The highest BCUT2D eigenvalue weighted by atomic mass is 16.5. The Kier molecular flexibility index (Phi) is 4.59. The zero-order valence-electron chi connectivity index (χ0n) is 11.9. The van der Waals surface area contributed by atoms with Gasteiger partial charge < -0.3 is 4.74 Å². The van der Waals surface area contributed by atoms with Crippen LogP contribution in [0.4, 0.5) is 5.69 Å². The largest absolute Gasteiger partial charge is 0.459 e. The van der Waals surface area contributed by atoms with Crippen LogP contribution in [0.25, 0.3) is 21.6 Å². The summed E-state index contributed by atoms with van der Waals surface area (Å²) in [5, 5.41) is 3.58. The van der Waals surface area contributed by atoms with Crippen molar-refractivity contribution >= 4 is 11.7 Å². The normalized spacial score (nSPS) is 10.0. The Morgan fingerprint density at radius 3 is 2.48 bits per heavy atom. The highest BCUT2D eigenvalue weighted by Crippen LogP contribution is 2.24. The smallest absolute Gasteiger partial charge is 0.338 e. The molecule has 0 aliphatic rings. The molecule has 0 amide bonds. The van der Waals surface area contributed by atoms with Gasteiger partial charge in [-0.15, -0.1) is 0 Å². The van der Waals surface area contributed by atoms with Gasteiger partial charge in [-0.25, -0.2) is 4.79 Å². The van der Waals surface area contributed by atoms with Gasteiger partial charge in [-0.1, -0.05) is 35.4 Å². The van der Waals surface area contributed by atoms with Crippen molar-refractivity contribution in [3.63, 3.8) is 0 Å². The molecule has 2 aromatic carbocycles. The van der Waals surface area contributed by atoms with Crippen LogP contribution in [0.5, 0.6) is 0 Å². The number of carbonyl (C=O) groups is 1. The Balaban J connectivity index is 2.24. The molecule has 0 saturated heterocycles. The Morgan fingerprint density at radius 2 is 1.86 bits per heavy atom. The van der Waals surface area contributed by atoms with Crippen molar-refractivity contribution in [1.82, 2.24) is 0 Å². The summed E-state index contributed by atoms with van der Waals surface area (Å²) in [6.07, 6.45) is -0.141. The van der Waals surface area contributed by atoms with Crippen LogP contribution in [0.15, 0.2) is 53.6 Å². The number of carbonyl (C=O) groups excluding carboxylic acids is 1. The summed E-state index contributed by atoms with van der Waals surface area (Å²) in [4.78, 5) is 14.5. The number of azide groups is 1. The molecule has 0 heterocycles. The molecule has 0 N–H and O–H groups in total. The van der Waals surface area contributed by atoms with E-state index in [4.69, 9.17) is 10.3 Å². The molecule has 2 aromatic rings. The van der Waals surface area contributed by atoms with Crippen LogP contribution in [-0.2, 0) is 4.74 Å². The van der Waals surface area contributed by atoms with Gasteiger partial charge in [0, 0.05) is 10.6 Å². The number of benzene rings is 2. The molecule has 0 saturated carbocycles. The average Bonchev–Trinajstić information content (AvgIpc) is 2.47. The van der Waals surface area contributed by atoms with Crippen LogP contribution >= 0.6 is 0 Å². The third-order valence-electron chi connectivity index (χ3n) is 2.80. The van der Waals surface area contributed by atoms with Crippen LogP contribution in [0.2, 0.25) is 0 Å². The molecule has 0 atom stereocenters. The van der Waals surface area contributed by atoms with Crippen molar-refractivity contribution < 1.29 is 9.53 Å². The Labute approximate surface area is 122 Å². The van der Waals surface area contributed by atoms with E-state index in [1.807, 2.05) is 38.1 Å². The van der Waals surface area contributed by atoms with Crippen molar-refractivity contribution in [3.8, 4) is 11.1 Å². The third kappa shape index (κ3) is 3.84. The van der Waals surface area contributed by atoms with Gasteiger partial charge in [-0.05, 0) is 48.7 Å². The maximum absolute atomic E-state index is 11.8. The fourth-order valence-corrected chi connectivity index (χ4v) is 1.88. The van der Waals surface area contributed by atoms with Crippen LogP contribution in [0.3, 0.4) is 0 Å². The van der Waals surface area contributed by atoms with E-state index in [1.165, 1.54) is 0 Å². The highest BCUT2D eigenvalue weighted by molar-refractivity contribution is 5.90. The first-order valence-electron chi connectivity index (χ1n) is 6.56. The van der Waals surface area contributed by atoms with Crippen LogP contribution in [0.1, 0.15) is 24.2 Å². The Morgan fingerprint density at radius 1 is 1.14 bits per heavy atom. The lowest BCUT2D eigenvalue weighted by molar-refractivity contribution is 0.0378. The fourth-order valence-electron chi connectivity index (χ4n) is 1.88. The molecule has 5 heteroatoms. The van der Waals surface area contributed by atoms with E-state index in [0.717, 1.165) is 11.1 Å². The third-order valence-corrected chi connectivity index (χ3v) is 2.80. The first-order chi connectivity index (χ1) is 10.1. The van der Waals surface area contributed by atoms with Gasteiger partial charge in [-0.3, -0.25) is 0 Å². The Hall–Kier alpha value is -2.78. The average molecular weight is 281 g/mol. The van der Waals surface area contributed by atoms with Crippen molar-refractivity contribution in [2.24, 2.45) is 5.11 Å². The number of nitrogens with zero attached hydrogens (tertiary/aromatic N) is 3. The van der Waals surface area contributed by atoms with E-state index in [1.54, 1.807) is 24.3 Å². The number of esters is 1. The summed E-state index contributed by atoms with van der Waals surface area (Å²) in [6, 6.07) is 14.4. The standard InChI is InChI=1S/C16H15N3O2/c1-11(2)21-16(20)13-8-6-12(7-9-13)14-4-3-5-15(10-14)18-19-17/h3-11H,1-2H3. The predicted molar refractivity (Wildman–Crippen MR) is 81.2 cm³/mol. The molecule has 0 aromatic heterocycles. The summed E-state index contributed by atoms with van der Waals surface area (Å²) in [5.41, 5.74) is 11.4. The zero-order valence-corrected chi connectivity index (χ0v) is 11.9. The van der Waals surface area contributed by atoms with Crippen LogP contribution in [0, 0.1) is 0 Å². The molecule has 0 aliphatic heterocycles. The van der Waals surface area contributed by atoms with Gasteiger partial charge in [0.25, 0.3) is 0 Å².